The van der Waals surface area contributed by atoms with E-state index < -0.39 is 10.0 Å². The van der Waals surface area contributed by atoms with Gasteiger partial charge >= 0.3 is 0 Å². The Kier molecular flexibility index (Phi) is 13.5. The Hall–Kier alpha value is -1.69. The average Bonchev–Trinajstić information content (AvgIpc) is 2.80. The zero-order valence-corrected chi connectivity index (χ0v) is 22.3. The van der Waals surface area contributed by atoms with E-state index in [2.05, 4.69) is 51.2 Å². The van der Waals surface area contributed by atoms with Gasteiger partial charge in [0, 0.05) is 26.7 Å². The monoisotopic (exact) mass is 573 g/mol. The SMILES string of the molecule is CCN(CC)C(CNC(=NC)NCCS(=O)(=O)NCc1ccccc1)c1ccccc1.I. The number of sulfonamides is 1. The zero-order valence-electron chi connectivity index (χ0n) is 19.1. The highest BCUT2D eigenvalue weighted by Gasteiger charge is 2.18. The minimum Gasteiger partial charge on any atom is -0.355 e. The first-order valence-electron chi connectivity index (χ1n) is 10.7. The number of hydrogen-bond donors (Lipinski definition) is 3. The van der Waals surface area contributed by atoms with Gasteiger partial charge in [-0.05, 0) is 24.2 Å². The molecule has 178 valence electrons. The lowest BCUT2D eigenvalue weighted by atomic mass is 10.1. The number of benzene rings is 2. The van der Waals surface area contributed by atoms with E-state index in [1.54, 1.807) is 7.05 Å². The van der Waals surface area contributed by atoms with Crippen molar-refractivity contribution < 1.29 is 8.42 Å². The fourth-order valence-corrected chi connectivity index (χ4v) is 4.28. The van der Waals surface area contributed by atoms with Crippen molar-refractivity contribution in [3.63, 3.8) is 0 Å². The van der Waals surface area contributed by atoms with Gasteiger partial charge in [0.15, 0.2) is 5.96 Å². The summed E-state index contributed by atoms with van der Waals surface area (Å²) in [5, 5.41) is 6.45. The fraction of sp³-hybridized carbons (Fsp3) is 0.435. The molecule has 0 saturated carbocycles. The zero-order chi connectivity index (χ0) is 22.5. The van der Waals surface area contributed by atoms with Crippen molar-refractivity contribution in [2.24, 2.45) is 4.99 Å². The standard InChI is InChI=1S/C23H35N5O2S.HI/c1-4-28(5-2)22(21-14-10-7-11-15-21)19-26-23(24-3)25-16-17-31(29,30)27-18-20-12-8-6-9-13-20;/h6-15,22,27H,4-5,16-19H2,1-3H3,(H2,24,25,26);1H. The van der Waals surface area contributed by atoms with Crippen LogP contribution in [0.15, 0.2) is 65.7 Å². The van der Waals surface area contributed by atoms with Crippen LogP contribution >= 0.6 is 24.0 Å². The van der Waals surface area contributed by atoms with Crippen molar-refractivity contribution in [1.82, 2.24) is 20.3 Å². The van der Waals surface area contributed by atoms with Gasteiger partial charge in [0.2, 0.25) is 10.0 Å². The molecular formula is C23H36IN5O2S. The first-order chi connectivity index (χ1) is 15.0. The number of hydrogen-bond acceptors (Lipinski definition) is 4. The van der Waals surface area contributed by atoms with E-state index in [9.17, 15) is 8.42 Å². The number of guanidine groups is 1. The molecule has 7 nitrogen and oxygen atoms in total. The first-order valence-corrected chi connectivity index (χ1v) is 12.4. The second-order valence-corrected chi connectivity index (χ2v) is 9.08. The highest BCUT2D eigenvalue weighted by molar-refractivity contribution is 14.0. The summed E-state index contributed by atoms with van der Waals surface area (Å²) in [6.07, 6.45) is 0. The van der Waals surface area contributed by atoms with Gasteiger partial charge in [0.25, 0.3) is 0 Å². The molecular weight excluding hydrogens is 537 g/mol. The van der Waals surface area contributed by atoms with Crippen molar-refractivity contribution in [3.8, 4) is 0 Å². The van der Waals surface area contributed by atoms with Crippen molar-refractivity contribution in [2.75, 3.05) is 39.0 Å². The van der Waals surface area contributed by atoms with Gasteiger partial charge in [-0.3, -0.25) is 9.89 Å². The first kappa shape index (κ1) is 28.3. The van der Waals surface area contributed by atoms with Crippen LogP contribution in [0.2, 0.25) is 0 Å². The quantitative estimate of drug-likeness (QED) is 0.207. The maximum atomic E-state index is 12.3. The number of likely N-dealkylation sites (N-methyl/N-ethyl adjacent to an activating group) is 1. The van der Waals surface area contributed by atoms with Crippen molar-refractivity contribution >= 4 is 40.0 Å². The molecule has 0 radical (unpaired) electrons. The number of halogens is 1. The van der Waals surface area contributed by atoms with Gasteiger partial charge in [-0.2, -0.15) is 0 Å². The molecule has 0 heterocycles. The summed E-state index contributed by atoms with van der Waals surface area (Å²) >= 11 is 0. The van der Waals surface area contributed by atoms with Gasteiger partial charge in [-0.1, -0.05) is 74.5 Å². The van der Waals surface area contributed by atoms with E-state index in [1.807, 2.05) is 48.5 Å². The van der Waals surface area contributed by atoms with E-state index in [4.69, 9.17) is 0 Å². The Bertz CT molecular complexity index is 891. The Morgan fingerprint density at radius 3 is 2.12 bits per heavy atom. The number of nitrogens with zero attached hydrogens (tertiary/aromatic N) is 2. The van der Waals surface area contributed by atoms with Gasteiger partial charge in [-0.25, -0.2) is 13.1 Å². The molecule has 0 bridgehead atoms. The van der Waals surface area contributed by atoms with E-state index in [0.29, 0.717) is 19.0 Å². The van der Waals surface area contributed by atoms with Crippen molar-refractivity contribution in [2.45, 2.75) is 26.4 Å². The topological polar surface area (TPSA) is 85.8 Å². The maximum absolute atomic E-state index is 12.3. The molecule has 0 fully saturated rings. The normalized spacial score (nSPS) is 12.8. The molecule has 2 aromatic carbocycles. The third-order valence-electron chi connectivity index (χ3n) is 5.13. The van der Waals surface area contributed by atoms with Crippen LogP contribution in [-0.4, -0.2) is 58.3 Å². The van der Waals surface area contributed by atoms with E-state index in [-0.39, 0.29) is 42.3 Å². The highest BCUT2D eigenvalue weighted by atomic mass is 127. The van der Waals surface area contributed by atoms with E-state index in [0.717, 1.165) is 18.7 Å². The molecule has 1 atom stereocenters. The van der Waals surface area contributed by atoms with Crippen LogP contribution in [-0.2, 0) is 16.6 Å². The van der Waals surface area contributed by atoms with Gasteiger partial charge in [-0.15, -0.1) is 24.0 Å². The molecule has 9 heteroatoms. The van der Waals surface area contributed by atoms with Crippen LogP contribution in [0.5, 0.6) is 0 Å². The van der Waals surface area contributed by atoms with Crippen molar-refractivity contribution in [3.05, 3.63) is 71.8 Å². The fourth-order valence-electron chi connectivity index (χ4n) is 3.38. The lowest BCUT2D eigenvalue weighted by Gasteiger charge is -2.30. The van der Waals surface area contributed by atoms with Crippen molar-refractivity contribution in [1.29, 1.82) is 0 Å². The molecule has 0 aromatic heterocycles. The summed E-state index contributed by atoms with van der Waals surface area (Å²) in [6.45, 7) is 7.41. The molecule has 3 N–H and O–H groups in total. The lowest BCUT2D eigenvalue weighted by Crippen LogP contribution is -2.44. The molecule has 32 heavy (non-hydrogen) atoms. The van der Waals surface area contributed by atoms with Gasteiger partial charge < -0.3 is 10.6 Å². The summed E-state index contributed by atoms with van der Waals surface area (Å²) in [7, 11) is -1.70. The van der Waals surface area contributed by atoms with Crippen LogP contribution in [0.25, 0.3) is 0 Å². The van der Waals surface area contributed by atoms with Crippen LogP contribution < -0.4 is 15.4 Å². The third kappa shape index (κ3) is 9.85. The maximum Gasteiger partial charge on any atom is 0.213 e. The van der Waals surface area contributed by atoms with E-state index in [1.165, 1.54) is 5.56 Å². The number of nitrogens with one attached hydrogen (secondary N) is 3. The number of aliphatic imine (C=N–C) groups is 1. The summed E-state index contributed by atoms with van der Waals surface area (Å²) in [4.78, 5) is 6.62. The predicted molar refractivity (Wildman–Crippen MR) is 144 cm³/mol. The molecule has 1 unspecified atom stereocenters. The largest absolute Gasteiger partial charge is 0.355 e. The minimum absolute atomic E-state index is 0. The van der Waals surface area contributed by atoms with Gasteiger partial charge in [0.1, 0.15) is 0 Å². The molecule has 2 aromatic rings. The van der Waals surface area contributed by atoms with Gasteiger partial charge in [0.05, 0.1) is 11.8 Å². The average molecular weight is 574 g/mol. The Balaban J connectivity index is 0.00000512. The summed E-state index contributed by atoms with van der Waals surface area (Å²) in [6, 6.07) is 20.1. The lowest BCUT2D eigenvalue weighted by molar-refractivity contribution is 0.219. The molecule has 0 spiro atoms. The van der Waals surface area contributed by atoms with Crippen LogP contribution in [0.4, 0.5) is 0 Å². The second-order valence-electron chi connectivity index (χ2n) is 7.15. The molecule has 0 saturated heterocycles. The molecule has 0 amide bonds. The van der Waals surface area contributed by atoms with Crippen LogP contribution in [0.1, 0.15) is 31.0 Å². The molecule has 0 aliphatic heterocycles. The third-order valence-corrected chi connectivity index (χ3v) is 6.45. The van der Waals surface area contributed by atoms with Crippen LogP contribution in [0.3, 0.4) is 0 Å². The highest BCUT2D eigenvalue weighted by Crippen LogP contribution is 2.19. The summed E-state index contributed by atoms with van der Waals surface area (Å²) in [5.41, 5.74) is 2.17. The Morgan fingerprint density at radius 2 is 1.56 bits per heavy atom. The molecule has 0 aliphatic carbocycles. The van der Waals surface area contributed by atoms with Crippen LogP contribution in [0, 0.1) is 0 Å². The summed E-state index contributed by atoms with van der Waals surface area (Å²) in [5.74, 6) is 0.560. The molecule has 0 aliphatic rings. The second kappa shape index (κ2) is 15.2. The Labute approximate surface area is 210 Å². The Morgan fingerprint density at radius 1 is 0.969 bits per heavy atom. The minimum atomic E-state index is -3.38. The molecule has 2 rings (SSSR count). The summed E-state index contributed by atoms with van der Waals surface area (Å²) < 4.78 is 27.2. The van der Waals surface area contributed by atoms with E-state index >= 15 is 0 Å². The predicted octanol–water partition coefficient (Wildman–Crippen LogP) is 2.97. The number of rotatable bonds is 12. The smallest absolute Gasteiger partial charge is 0.213 e.